The van der Waals surface area contributed by atoms with Crippen LogP contribution in [-0.4, -0.2) is 20.1 Å². The fourth-order valence-corrected chi connectivity index (χ4v) is 2.80. The summed E-state index contributed by atoms with van der Waals surface area (Å²) in [5.74, 6) is 0. The Hall–Kier alpha value is -1.13. The molecule has 1 aliphatic rings. The van der Waals surface area contributed by atoms with Crippen LogP contribution in [0.1, 0.15) is 5.56 Å². The van der Waals surface area contributed by atoms with Crippen LogP contribution in [0, 0.1) is 0 Å². The minimum atomic E-state index is -3.39. The lowest BCUT2D eigenvalue weighted by Gasteiger charge is -1.98. The monoisotopic (exact) mass is 196 g/mol. The first-order valence-electron chi connectivity index (χ1n) is 3.82. The Kier molecular flexibility index (Phi) is 1.75. The molecule has 0 aromatic heterocycles. The van der Waals surface area contributed by atoms with Gasteiger partial charge in [0.2, 0.25) is 9.84 Å². The van der Waals surface area contributed by atoms with Crippen LogP contribution in [-0.2, 0) is 9.84 Å². The Bertz CT molecular complexity index is 471. The summed E-state index contributed by atoms with van der Waals surface area (Å²) in [5, 5.41) is 8.83. The number of fused-ring (bicyclic) bond motifs is 1. The Morgan fingerprint density at radius 3 is 2.54 bits per heavy atom. The van der Waals surface area contributed by atoms with Crippen LogP contribution >= 0.6 is 0 Å². The van der Waals surface area contributed by atoms with Gasteiger partial charge in [-0.05, 0) is 17.7 Å². The van der Waals surface area contributed by atoms with Gasteiger partial charge in [-0.1, -0.05) is 18.2 Å². The predicted octanol–water partition coefficient (Wildman–Crippen LogP) is 0.807. The molecule has 0 unspecified atom stereocenters. The number of aliphatic hydroxyl groups excluding tert-OH is 1. The maximum atomic E-state index is 11.6. The molecule has 0 aliphatic carbocycles. The number of rotatable bonds is 1. The first-order valence-corrected chi connectivity index (χ1v) is 5.30. The average Bonchev–Trinajstić information content (AvgIpc) is 2.39. The Morgan fingerprint density at radius 1 is 1.23 bits per heavy atom. The van der Waals surface area contributed by atoms with E-state index < -0.39 is 16.4 Å². The van der Waals surface area contributed by atoms with Crippen molar-refractivity contribution in [2.75, 3.05) is 6.61 Å². The van der Waals surface area contributed by atoms with Gasteiger partial charge in [-0.2, -0.15) is 0 Å². The van der Waals surface area contributed by atoms with Gasteiger partial charge >= 0.3 is 0 Å². The molecule has 0 fully saturated rings. The van der Waals surface area contributed by atoms with E-state index in [2.05, 4.69) is 0 Å². The molecule has 0 atom stereocenters. The molecule has 68 valence electrons. The minimum Gasteiger partial charge on any atom is -0.391 e. The van der Waals surface area contributed by atoms with Crippen molar-refractivity contribution in [2.24, 2.45) is 0 Å². The van der Waals surface area contributed by atoms with Crippen molar-refractivity contribution in [1.29, 1.82) is 0 Å². The van der Waals surface area contributed by atoms with Crippen molar-refractivity contribution >= 4 is 15.9 Å². The summed E-state index contributed by atoms with van der Waals surface area (Å²) in [6.45, 7) is -0.434. The highest BCUT2D eigenvalue weighted by molar-refractivity contribution is 7.95. The maximum absolute atomic E-state index is 11.6. The van der Waals surface area contributed by atoms with Crippen molar-refractivity contribution in [3.05, 3.63) is 34.7 Å². The molecular formula is C9H8O3S. The summed E-state index contributed by atoms with van der Waals surface area (Å²) in [7, 11) is -3.39. The third-order valence-corrected chi connectivity index (χ3v) is 3.91. The fraction of sp³-hybridized carbons (Fsp3) is 0.111. The van der Waals surface area contributed by atoms with Gasteiger partial charge in [0.25, 0.3) is 0 Å². The van der Waals surface area contributed by atoms with Crippen LogP contribution in [0.3, 0.4) is 0 Å². The summed E-state index contributed by atoms with van der Waals surface area (Å²) in [5.41, 5.74) is 0.659. The van der Waals surface area contributed by atoms with Gasteiger partial charge in [0.1, 0.15) is 0 Å². The zero-order valence-corrected chi connectivity index (χ0v) is 7.58. The molecule has 1 aromatic rings. The average molecular weight is 196 g/mol. The largest absolute Gasteiger partial charge is 0.391 e. The molecule has 0 spiro atoms. The van der Waals surface area contributed by atoms with Crippen molar-refractivity contribution in [3.63, 3.8) is 0 Å². The first kappa shape index (κ1) is 8.47. The smallest absolute Gasteiger partial charge is 0.205 e. The molecule has 3 nitrogen and oxygen atoms in total. The van der Waals surface area contributed by atoms with Crippen LogP contribution in [0.4, 0.5) is 0 Å². The third kappa shape index (κ3) is 1.10. The number of aliphatic hydroxyl groups is 1. The van der Waals surface area contributed by atoms with Crippen molar-refractivity contribution in [1.82, 2.24) is 0 Å². The van der Waals surface area contributed by atoms with Gasteiger partial charge in [-0.15, -0.1) is 0 Å². The number of benzene rings is 1. The molecule has 0 saturated carbocycles. The molecule has 1 aliphatic heterocycles. The Morgan fingerprint density at radius 2 is 1.92 bits per heavy atom. The third-order valence-electron chi connectivity index (χ3n) is 2.03. The molecule has 1 heterocycles. The summed E-state index contributed by atoms with van der Waals surface area (Å²) in [6.07, 6.45) is 1.50. The Labute approximate surface area is 76.3 Å². The molecule has 0 radical (unpaired) electrons. The van der Waals surface area contributed by atoms with Gasteiger partial charge in [0.05, 0.1) is 16.4 Å². The lowest BCUT2D eigenvalue weighted by molar-refractivity contribution is 0.339. The van der Waals surface area contributed by atoms with E-state index in [0.29, 0.717) is 10.5 Å². The van der Waals surface area contributed by atoms with E-state index >= 15 is 0 Å². The molecule has 4 heteroatoms. The highest BCUT2D eigenvalue weighted by atomic mass is 32.2. The van der Waals surface area contributed by atoms with E-state index in [1.54, 1.807) is 24.3 Å². The SMILES string of the molecule is O=S1(=O)C(CO)=Cc2ccccc21. The Balaban J connectivity index is 2.72. The van der Waals surface area contributed by atoms with E-state index in [4.69, 9.17) is 5.11 Å². The zero-order chi connectivity index (χ0) is 9.47. The van der Waals surface area contributed by atoms with Gasteiger partial charge in [-0.25, -0.2) is 8.42 Å². The number of hydrogen-bond donors (Lipinski definition) is 1. The summed E-state index contributed by atoms with van der Waals surface area (Å²) in [6, 6.07) is 6.70. The van der Waals surface area contributed by atoms with Crippen molar-refractivity contribution in [2.45, 2.75) is 4.90 Å². The van der Waals surface area contributed by atoms with Crippen molar-refractivity contribution < 1.29 is 13.5 Å². The minimum absolute atomic E-state index is 0.0775. The topological polar surface area (TPSA) is 54.4 Å². The molecule has 13 heavy (non-hydrogen) atoms. The molecule has 0 bridgehead atoms. The van der Waals surface area contributed by atoms with Crippen molar-refractivity contribution in [3.8, 4) is 0 Å². The summed E-state index contributed by atoms with van der Waals surface area (Å²) in [4.78, 5) is 0.368. The van der Waals surface area contributed by atoms with Gasteiger partial charge in [-0.3, -0.25) is 0 Å². The molecule has 1 aromatic carbocycles. The fourth-order valence-electron chi connectivity index (χ4n) is 1.37. The first-order chi connectivity index (χ1) is 6.16. The van der Waals surface area contributed by atoms with E-state index in [1.165, 1.54) is 6.08 Å². The van der Waals surface area contributed by atoms with E-state index in [0.717, 1.165) is 0 Å². The second-order valence-corrected chi connectivity index (χ2v) is 4.78. The number of hydrogen-bond acceptors (Lipinski definition) is 3. The van der Waals surface area contributed by atoms with Gasteiger partial charge in [0.15, 0.2) is 0 Å². The lowest BCUT2D eigenvalue weighted by atomic mass is 10.2. The second kappa shape index (κ2) is 2.68. The maximum Gasteiger partial charge on any atom is 0.205 e. The van der Waals surface area contributed by atoms with E-state index in [9.17, 15) is 8.42 Å². The molecular weight excluding hydrogens is 188 g/mol. The predicted molar refractivity (Wildman–Crippen MR) is 48.7 cm³/mol. The number of sulfone groups is 1. The summed E-state index contributed by atoms with van der Waals surface area (Å²) >= 11 is 0. The molecule has 1 N–H and O–H groups in total. The van der Waals surface area contributed by atoms with Gasteiger partial charge in [0, 0.05) is 0 Å². The van der Waals surface area contributed by atoms with Gasteiger partial charge < -0.3 is 5.11 Å². The molecule has 2 rings (SSSR count). The van der Waals surface area contributed by atoms with Crippen LogP contribution in [0.5, 0.6) is 0 Å². The molecule has 0 saturated heterocycles. The lowest BCUT2D eigenvalue weighted by Crippen LogP contribution is -2.03. The van der Waals surface area contributed by atoms with Crippen LogP contribution in [0.25, 0.3) is 6.08 Å². The second-order valence-electron chi connectivity index (χ2n) is 2.81. The van der Waals surface area contributed by atoms with E-state index in [1.807, 2.05) is 0 Å². The van der Waals surface area contributed by atoms with E-state index in [-0.39, 0.29) is 4.91 Å². The quantitative estimate of drug-likeness (QED) is 0.723. The van der Waals surface area contributed by atoms with Crippen LogP contribution < -0.4 is 0 Å². The molecule has 0 amide bonds. The highest BCUT2D eigenvalue weighted by Crippen LogP contribution is 2.31. The normalized spacial score (nSPS) is 18.1. The zero-order valence-electron chi connectivity index (χ0n) is 6.77. The van der Waals surface area contributed by atoms with Crippen LogP contribution in [0.2, 0.25) is 0 Å². The summed E-state index contributed by atoms with van der Waals surface area (Å²) < 4.78 is 23.2. The highest BCUT2D eigenvalue weighted by Gasteiger charge is 2.27. The van der Waals surface area contributed by atoms with Crippen LogP contribution in [0.15, 0.2) is 34.1 Å². The standard InChI is InChI=1S/C9H8O3S/c10-6-8-5-7-3-1-2-4-9(7)13(8,11)12/h1-5,10H,6H2.